The van der Waals surface area contributed by atoms with Crippen LogP contribution in [0.15, 0.2) is 66.7 Å². The van der Waals surface area contributed by atoms with Crippen LogP contribution in [0.3, 0.4) is 0 Å². The zero-order valence-corrected chi connectivity index (χ0v) is 19.0. The van der Waals surface area contributed by atoms with Crippen molar-refractivity contribution in [3.8, 4) is 11.4 Å². The minimum absolute atomic E-state index is 0.0706. The third-order valence-electron chi connectivity index (χ3n) is 5.33. The molecule has 3 aromatic carbocycles. The zero-order valence-electron chi connectivity index (χ0n) is 19.0. The van der Waals surface area contributed by atoms with Crippen LogP contribution >= 0.6 is 0 Å². The summed E-state index contributed by atoms with van der Waals surface area (Å²) in [4.78, 5) is 23.4. The number of hydrogen-bond donors (Lipinski definition) is 1. The van der Waals surface area contributed by atoms with Crippen molar-refractivity contribution in [3.05, 3.63) is 105 Å². The SMILES string of the molecule is Cc1cccc(COc2ccc(NC(=O)c3nnn(-c4cccc([N+](=O)[O-])c4)c3C)c(C)c2)c1. The molecule has 34 heavy (non-hydrogen) atoms. The van der Waals surface area contributed by atoms with Crippen molar-refractivity contribution in [2.24, 2.45) is 0 Å². The van der Waals surface area contributed by atoms with Crippen LogP contribution in [0.25, 0.3) is 5.69 Å². The van der Waals surface area contributed by atoms with Crippen LogP contribution in [-0.4, -0.2) is 25.8 Å². The van der Waals surface area contributed by atoms with Gasteiger partial charge in [0.05, 0.1) is 16.3 Å². The number of carbonyl (C=O) groups excluding carboxylic acids is 1. The molecule has 9 nitrogen and oxygen atoms in total. The number of hydrogen-bond acceptors (Lipinski definition) is 6. The Kier molecular flexibility index (Phi) is 6.35. The van der Waals surface area contributed by atoms with Crippen LogP contribution in [0.4, 0.5) is 11.4 Å². The highest BCUT2D eigenvalue weighted by Gasteiger charge is 2.19. The summed E-state index contributed by atoms with van der Waals surface area (Å²) in [6.45, 7) is 6.05. The highest BCUT2D eigenvalue weighted by molar-refractivity contribution is 6.04. The van der Waals surface area contributed by atoms with E-state index >= 15 is 0 Å². The maximum absolute atomic E-state index is 12.9. The Morgan fingerprint density at radius 3 is 2.59 bits per heavy atom. The summed E-state index contributed by atoms with van der Waals surface area (Å²) in [7, 11) is 0. The highest BCUT2D eigenvalue weighted by Crippen LogP contribution is 2.24. The van der Waals surface area contributed by atoms with Crippen LogP contribution in [0, 0.1) is 30.9 Å². The van der Waals surface area contributed by atoms with E-state index in [4.69, 9.17) is 4.74 Å². The number of benzene rings is 3. The van der Waals surface area contributed by atoms with Crippen LogP contribution < -0.4 is 10.1 Å². The second-order valence-electron chi connectivity index (χ2n) is 7.92. The molecular formula is C25H23N5O4. The fraction of sp³-hybridized carbons (Fsp3) is 0.160. The van der Waals surface area contributed by atoms with Gasteiger partial charge in [0.2, 0.25) is 0 Å². The number of aryl methyl sites for hydroxylation is 2. The molecule has 1 aromatic heterocycles. The van der Waals surface area contributed by atoms with Gasteiger partial charge in [-0.15, -0.1) is 5.10 Å². The average Bonchev–Trinajstić information content (AvgIpc) is 3.21. The predicted octanol–water partition coefficient (Wildman–Crippen LogP) is 4.93. The fourth-order valence-electron chi connectivity index (χ4n) is 3.54. The number of nitrogens with zero attached hydrogens (tertiary/aromatic N) is 4. The maximum atomic E-state index is 12.9. The summed E-state index contributed by atoms with van der Waals surface area (Å²) >= 11 is 0. The molecule has 0 unspecified atom stereocenters. The highest BCUT2D eigenvalue weighted by atomic mass is 16.6. The molecule has 9 heteroatoms. The third-order valence-corrected chi connectivity index (χ3v) is 5.33. The smallest absolute Gasteiger partial charge is 0.278 e. The van der Waals surface area contributed by atoms with Gasteiger partial charge in [-0.1, -0.05) is 41.1 Å². The Hall–Kier alpha value is -4.53. The largest absolute Gasteiger partial charge is 0.489 e. The monoisotopic (exact) mass is 457 g/mol. The molecule has 0 fully saturated rings. The number of amides is 1. The number of nitro benzene ring substituents is 1. The van der Waals surface area contributed by atoms with Gasteiger partial charge in [-0.2, -0.15) is 0 Å². The molecule has 0 radical (unpaired) electrons. The van der Waals surface area contributed by atoms with Gasteiger partial charge in [-0.25, -0.2) is 4.68 Å². The van der Waals surface area contributed by atoms with E-state index in [0.717, 1.165) is 11.1 Å². The van der Waals surface area contributed by atoms with E-state index in [2.05, 4.69) is 21.7 Å². The average molecular weight is 457 g/mol. The molecule has 0 saturated heterocycles. The molecule has 4 aromatic rings. The zero-order chi connectivity index (χ0) is 24.2. The first-order chi connectivity index (χ1) is 16.3. The molecule has 0 spiro atoms. The van der Waals surface area contributed by atoms with E-state index in [-0.39, 0.29) is 11.4 Å². The van der Waals surface area contributed by atoms with Crippen molar-refractivity contribution >= 4 is 17.3 Å². The number of nitro groups is 1. The van der Waals surface area contributed by atoms with Gasteiger partial charge in [0.25, 0.3) is 11.6 Å². The molecule has 172 valence electrons. The lowest BCUT2D eigenvalue weighted by Crippen LogP contribution is -2.15. The van der Waals surface area contributed by atoms with Gasteiger partial charge in [0.1, 0.15) is 12.4 Å². The van der Waals surface area contributed by atoms with E-state index in [1.165, 1.54) is 22.4 Å². The van der Waals surface area contributed by atoms with Crippen molar-refractivity contribution < 1.29 is 14.5 Å². The van der Waals surface area contributed by atoms with Gasteiger partial charge >= 0.3 is 0 Å². The first-order valence-corrected chi connectivity index (χ1v) is 10.6. The molecule has 0 aliphatic heterocycles. The molecule has 1 amide bonds. The predicted molar refractivity (Wildman–Crippen MR) is 127 cm³/mol. The summed E-state index contributed by atoms with van der Waals surface area (Å²) in [5.41, 5.74) is 4.68. The van der Waals surface area contributed by atoms with Gasteiger partial charge in [-0.05, 0) is 56.2 Å². The molecule has 1 N–H and O–H groups in total. The van der Waals surface area contributed by atoms with Gasteiger partial charge in [0.15, 0.2) is 5.69 Å². The standard InChI is InChI=1S/C25H23N5O4/c1-16-6-4-7-19(12-16)15-34-22-10-11-23(17(2)13-22)26-25(31)24-18(3)29(28-27-24)20-8-5-9-21(14-20)30(32)33/h4-14H,15H2,1-3H3,(H,26,31). The van der Waals surface area contributed by atoms with Crippen molar-refractivity contribution in [2.75, 3.05) is 5.32 Å². The van der Waals surface area contributed by atoms with Gasteiger partial charge in [-0.3, -0.25) is 14.9 Å². The fourth-order valence-corrected chi connectivity index (χ4v) is 3.54. The Balaban J connectivity index is 1.47. The molecule has 1 heterocycles. The molecule has 0 atom stereocenters. The van der Waals surface area contributed by atoms with E-state index in [1.54, 1.807) is 31.2 Å². The Morgan fingerprint density at radius 2 is 1.85 bits per heavy atom. The van der Waals surface area contributed by atoms with E-state index in [9.17, 15) is 14.9 Å². The molecule has 0 aliphatic rings. The summed E-state index contributed by atoms with van der Waals surface area (Å²) < 4.78 is 7.28. The second-order valence-corrected chi connectivity index (χ2v) is 7.92. The summed E-state index contributed by atoms with van der Waals surface area (Å²) in [5, 5.41) is 21.9. The van der Waals surface area contributed by atoms with Crippen molar-refractivity contribution in [1.82, 2.24) is 15.0 Å². The Bertz CT molecular complexity index is 1380. The molecule has 0 aliphatic carbocycles. The lowest BCUT2D eigenvalue weighted by molar-refractivity contribution is -0.384. The molecule has 0 saturated carbocycles. The third kappa shape index (κ3) is 4.93. The quantitative estimate of drug-likeness (QED) is 0.311. The Labute approximate surface area is 196 Å². The van der Waals surface area contributed by atoms with Crippen molar-refractivity contribution in [2.45, 2.75) is 27.4 Å². The Morgan fingerprint density at radius 1 is 1.06 bits per heavy atom. The lowest BCUT2D eigenvalue weighted by atomic mass is 10.1. The number of rotatable bonds is 7. The van der Waals surface area contributed by atoms with E-state index in [0.29, 0.717) is 29.4 Å². The molecular weight excluding hydrogens is 434 g/mol. The van der Waals surface area contributed by atoms with E-state index < -0.39 is 10.8 Å². The number of carbonyl (C=O) groups is 1. The normalized spacial score (nSPS) is 10.7. The van der Waals surface area contributed by atoms with Crippen LogP contribution in [0.2, 0.25) is 0 Å². The molecule has 4 rings (SSSR count). The number of ether oxygens (including phenoxy) is 1. The van der Waals surface area contributed by atoms with Crippen LogP contribution in [-0.2, 0) is 6.61 Å². The van der Waals surface area contributed by atoms with Crippen molar-refractivity contribution in [3.63, 3.8) is 0 Å². The summed E-state index contributed by atoms with van der Waals surface area (Å²) in [6, 6.07) is 19.5. The van der Waals surface area contributed by atoms with E-state index in [1.807, 2.05) is 38.1 Å². The first-order valence-electron chi connectivity index (χ1n) is 10.6. The lowest BCUT2D eigenvalue weighted by Gasteiger charge is -2.11. The number of aromatic nitrogens is 3. The maximum Gasteiger partial charge on any atom is 0.278 e. The molecule has 0 bridgehead atoms. The minimum atomic E-state index is -0.486. The summed E-state index contributed by atoms with van der Waals surface area (Å²) in [6.07, 6.45) is 0. The van der Waals surface area contributed by atoms with Crippen molar-refractivity contribution in [1.29, 1.82) is 0 Å². The number of anilines is 1. The first kappa shape index (κ1) is 22.7. The van der Waals surface area contributed by atoms with Crippen LogP contribution in [0.1, 0.15) is 32.9 Å². The van der Waals surface area contributed by atoms with Gasteiger partial charge < -0.3 is 10.1 Å². The minimum Gasteiger partial charge on any atom is -0.489 e. The second kappa shape index (κ2) is 9.53. The number of non-ortho nitro benzene ring substituents is 1. The van der Waals surface area contributed by atoms with Crippen LogP contribution in [0.5, 0.6) is 5.75 Å². The number of nitrogens with one attached hydrogen (secondary N) is 1. The summed E-state index contributed by atoms with van der Waals surface area (Å²) in [5.74, 6) is 0.274. The topological polar surface area (TPSA) is 112 Å². The van der Waals surface area contributed by atoms with Gasteiger partial charge in [0, 0.05) is 17.8 Å².